The van der Waals surface area contributed by atoms with E-state index in [1.54, 1.807) is 5.40 Å². The molecule has 0 aromatic rings. The molecule has 0 unspecified atom stereocenters. The molecule has 3 nitrogen and oxygen atoms in total. The summed E-state index contributed by atoms with van der Waals surface area (Å²) in [7, 11) is 0. The Balaban J connectivity index is 3.54. The molecule has 0 rings (SSSR count). The Kier molecular flexibility index (Phi) is 5.57. The highest BCUT2D eigenvalue weighted by Gasteiger charge is 1.98. The molecule has 0 aliphatic heterocycles. The lowest BCUT2D eigenvalue weighted by Gasteiger charge is -1.78. The Hall–Kier alpha value is -0.340. The van der Waals surface area contributed by atoms with Gasteiger partial charge in [-0.1, -0.05) is 0 Å². The van der Waals surface area contributed by atoms with E-state index >= 15 is 0 Å². The molecule has 0 saturated carbocycles. The minimum absolute atomic E-state index is 0.394. The fourth-order valence-corrected chi connectivity index (χ4v) is 0.783. The molecule has 0 spiro atoms. The van der Waals surface area contributed by atoms with Crippen molar-refractivity contribution in [1.29, 1.82) is 5.26 Å². The predicted octanol–water partition coefficient (Wildman–Crippen LogP) is 2.07. The van der Waals surface area contributed by atoms with Crippen LogP contribution in [0.25, 0.3) is 0 Å². The number of carbonyl (C=O) groups is 1. The summed E-state index contributed by atoms with van der Waals surface area (Å²) in [6.45, 7) is 0. The molecule has 6 heteroatoms. The van der Waals surface area contributed by atoms with Crippen molar-refractivity contribution in [2.75, 3.05) is 0 Å². The molecule has 0 aliphatic carbocycles. The van der Waals surface area contributed by atoms with Crippen LogP contribution in [0.5, 0.6) is 0 Å². The predicted molar refractivity (Wildman–Crippen MR) is 41.2 cm³/mol. The minimum Gasteiger partial charge on any atom is -0.271 e. The molecular formula is C3N2OS3. The number of hydrogen-bond donors (Lipinski definition) is 0. The molecule has 9 heavy (non-hydrogen) atoms. The van der Waals surface area contributed by atoms with Crippen LogP contribution in [0, 0.1) is 10.7 Å². The Labute approximate surface area is 65.7 Å². The smallest absolute Gasteiger partial charge is 0.271 e. The maximum atomic E-state index is 10.3. The van der Waals surface area contributed by atoms with Gasteiger partial charge >= 0.3 is 0 Å². The first-order valence-corrected chi connectivity index (χ1v) is 3.65. The lowest BCUT2D eigenvalue weighted by molar-refractivity contribution is 0.276. The number of nitrogens with zero attached hydrogens (tertiary/aromatic N) is 2. The zero-order valence-corrected chi connectivity index (χ0v) is 6.48. The highest BCUT2D eigenvalue weighted by Crippen LogP contribution is 2.14. The fraction of sp³-hybridized carbons (Fsp3) is 0. The minimum atomic E-state index is -0.394. The van der Waals surface area contributed by atoms with Gasteiger partial charge in [-0.25, -0.2) is 0 Å². The van der Waals surface area contributed by atoms with Crippen LogP contribution in [-0.4, -0.2) is 9.61 Å². The Morgan fingerprint density at radius 3 is 2.89 bits per heavy atom. The van der Waals surface area contributed by atoms with Crippen molar-refractivity contribution >= 4 is 45.5 Å². The molecule has 0 aromatic heterocycles. The summed E-state index contributed by atoms with van der Waals surface area (Å²) >= 11 is 5.31. The number of nitriles is 1. The van der Waals surface area contributed by atoms with Gasteiger partial charge in [-0.2, -0.15) is 9.66 Å². The topological polar surface area (TPSA) is 53.2 Å². The Morgan fingerprint density at radius 2 is 2.44 bits per heavy atom. The van der Waals surface area contributed by atoms with Crippen molar-refractivity contribution < 1.29 is 4.79 Å². The molecule has 0 heterocycles. The second kappa shape index (κ2) is 5.79. The molecule has 0 amide bonds. The van der Waals surface area contributed by atoms with E-state index in [1.165, 1.54) is 0 Å². The molecule has 0 bridgehead atoms. The van der Waals surface area contributed by atoms with Crippen molar-refractivity contribution in [3.05, 3.63) is 0 Å². The summed E-state index contributed by atoms with van der Waals surface area (Å²) in [6, 6.07) is 0. The van der Waals surface area contributed by atoms with Crippen LogP contribution in [-0.2, 0) is 0 Å². The summed E-state index contributed by atoms with van der Waals surface area (Å²) in [4.78, 5) is 10.3. The molecule has 0 atom stereocenters. The van der Waals surface area contributed by atoms with Crippen molar-refractivity contribution in [3.8, 4) is 5.40 Å². The molecule has 0 fully saturated rings. The van der Waals surface area contributed by atoms with Gasteiger partial charge in [0.25, 0.3) is 4.45 Å². The normalized spacial score (nSPS) is 7.00. The summed E-state index contributed by atoms with van der Waals surface area (Å²) in [5.74, 6) is 0. The third-order valence-corrected chi connectivity index (χ3v) is 1.56. The first kappa shape index (κ1) is 8.66. The van der Waals surface area contributed by atoms with E-state index in [1.807, 2.05) is 5.16 Å². The van der Waals surface area contributed by atoms with Crippen molar-refractivity contribution in [1.82, 2.24) is 0 Å². The molecule has 0 aromatic carbocycles. The van der Waals surface area contributed by atoms with Crippen LogP contribution < -0.4 is 0 Å². The lowest BCUT2D eigenvalue weighted by atomic mass is 11.7. The Bertz CT molecular complexity index is 190. The second-order valence-corrected chi connectivity index (χ2v) is 2.65. The van der Waals surface area contributed by atoms with Gasteiger partial charge < -0.3 is 0 Å². The van der Waals surface area contributed by atoms with E-state index in [0.717, 1.165) is 0 Å². The van der Waals surface area contributed by atoms with Gasteiger partial charge in [0.05, 0.1) is 17.1 Å². The molecule has 0 radical (unpaired) electrons. The van der Waals surface area contributed by atoms with Gasteiger partial charge in [0.15, 0.2) is 0 Å². The molecule has 0 saturated heterocycles. The van der Waals surface area contributed by atoms with E-state index in [9.17, 15) is 4.79 Å². The number of thioether (sulfide) groups is 1. The average Bonchev–Trinajstić information content (AvgIpc) is 1.85. The third kappa shape index (κ3) is 5.53. The zero-order chi connectivity index (χ0) is 7.11. The van der Waals surface area contributed by atoms with E-state index in [4.69, 9.17) is 5.26 Å². The van der Waals surface area contributed by atoms with Gasteiger partial charge in [0, 0.05) is 11.8 Å². The maximum absolute atomic E-state index is 10.3. The van der Waals surface area contributed by atoms with Gasteiger partial charge in [-0.05, 0) is 12.2 Å². The zero-order valence-electron chi connectivity index (χ0n) is 4.03. The highest BCUT2D eigenvalue weighted by atomic mass is 32.2. The first-order valence-electron chi connectivity index (χ1n) is 1.65. The molecule has 0 aliphatic rings. The number of rotatable bonds is 1. The average molecular weight is 176 g/mol. The van der Waals surface area contributed by atoms with Crippen molar-refractivity contribution in [3.63, 3.8) is 0 Å². The van der Waals surface area contributed by atoms with Crippen molar-refractivity contribution in [2.45, 2.75) is 0 Å². The van der Waals surface area contributed by atoms with Gasteiger partial charge in [-0.3, -0.25) is 4.79 Å². The van der Waals surface area contributed by atoms with Gasteiger partial charge in [-0.15, -0.1) is 0 Å². The summed E-state index contributed by atoms with van der Waals surface area (Å²) in [5.41, 5.74) is 0. The quantitative estimate of drug-likeness (QED) is 0.265. The maximum Gasteiger partial charge on any atom is 0.283 e. The Morgan fingerprint density at radius 1 is 1.78 bits per heavy atom. The van der Waals surface area contributed by atoms with Crippen LogP contribution >= 0.6 is 35.9 Å². The SMILES string of the molecule is N#CSC(=O)SN=C=S. The number of isothiocyanates is 1. The van der Waals surface area contributed by atoms with Crippen molar-refractivity contribution in [2.24, 2.45) is 4.40 Å². The summed E-state index contributed by atoms with van der Waals surface area (Å²) in [5, 5.41) is 11.5. The number of carbonyl (C=O) groups excluding carboxylic acids is 1. The summed E-state index contributed by atoms with van der Waals surface area (Å²) in [6.07, 6.45) is 0. The molecule has 0 N–H and O–H groups in total. The standard InChI is InChI=1S/C3N2OS3/c4-1-8-3(6)9-5-2-7. The van der Waals surface area contributed by atoms with Crippen LogP contribution in [0.1, 0.15) is 0 Å². The van der Waals surface area contributed by atoms with Crippen LogP contribution in [0.3, 0.4) is 0 Å². The van der Waals surface area contributed by atoms with E-state index in [0.29, 0.717) is 23.7 Å². The molecular weight excluding hydrogens is 176 g/mol. The second-order valence-electron chi connectivity index (χ2n) is 0.717. The number of hydrogen-bond acceptors (Lipinski definition) is 6. The highest BCUT2D eigenvalue weighted by molar-refractivity contribution is 8.39. The van der Waals surface area contributed by atoms with E-state index < -0.39 is 4.45 Å². The number of thiocarbonyl (C=S) groups is 1. The number of thiocyanates is 1. The lowest BCUT2D eigenvalue weighted by Crippen LogP contribution is -1.70. The molecule has 46 valence electrons. The fourth-order valence-electron chi connectivity index (χ4n) is 0.112. The van der Waals surface area contributed by atoms with E-state index in [2.05, 4.69) is 16.6 Å². The largest absolute Gasteiger partial charge is 0.283 e. The van der Waals surface area contributed by atoms with Gasteiger partial charge in [0.1, 0.15) is 5.40 Å². The van der Waals surface area contributed by atoms with Crippen LogP contribution in [0.4, 0.5) is 4.79 Å². The van der Waals surface area contributed by atoms with Crippen LogP contribution in [0.2, 0.25) is 0 Å². The van der Waals surface area contributed by atoms with Gasteiger partial charge in [0.2, 0.25) is 0 Å². The third-order valence-electron chi connectivity index (χ3n) is 0.286. The summed E-state index contributed by atoms with van der Waals surface area (Å²) < 4.78 is 2.86. The first-order chi connectivity index (χ1) is 4.31. The van der Waals surface area contributed by atoms with Crippen LogP contribution in [0.15, 0.2) is 4.40 Å². The van der Waals surface area contributed by atoms with E-state index in [-0.39, 0.29) is 0 Å². The monoisotopic (exact) mass is 176 g/mol.